The van der Waals surface area contributed by atoms with Gasteiger partial charge in [-0.3, -0.25) is 19.2 Å². The summed E-state index contributed by atoms with van der Waals surface area (Å²) in [7, 11) is -7.57. The largest absolute Gasteiger partial charge is 0.285 e. The number of nitrogens with zero attached hydrogens (tertiary/aromatic N) is 2. The zero-order valence-electron chi connectivity index (χ0n) is 10.1. The van der Waals surface area contributed by atoms with Crippen molar-refractivity contribution in [2.45, 2.75) is 0 Å². The van der Waals surface area contributed by atoms with Crippen LogP contribution in [-0.4, -0.2) is 65.1 Å². The third kappa shape index (κ3) is 14.2. The van der Waals surface area contributed by atoms with Gasteiger partial charge in [0.15, 0.2) is 0 Å². The van der Waals surface area contributed by atoms with Crippen molar-refractivity contribution in [1.29, 1.82) is 0 Å². The molecule has 12 nitrogen and oxygen atoms in total. The maximum atomic E-state index is 10.2. The van der Waals surface area contributed by atoms with Gasteiger partial charge in [0.1, 0.15) is 0 Å². The maximum Gasteiger partial charge on any atom is 0.285 e. The number of carbonyl (C=O) groups is 4. The first kappa shape index (κ1) is 20.4. The van der Waals surface area contributed by atoms with Gasteiger partial charge in [-0.1, -0.05) is 0 Å². The van der Waals surface area contributed by atoms with Crippen LogP contribution in [0.5, 0.6) is 0 Å². The van der Waals surface area contributed by atoms with Crippen molar-refractivity contribution < 1.29 is 44.6 Å². The van der Waals surface area contributed by atoms with E-state index in [4.69, 9.17) is 0 Å². The predicted octanol–water partition coefficient (Wildman–Crippen LogP) is -3.02. The maximum absolute atomic E-state index is 10.2. The van der Waals surface area contributed by atoms with E-state index in [9.17, 15) is 36.0 Å². The molecule has 0 aliphatic heterocycles. The normalized spacial score (nSPS) is 10.5. The van der Waals surface area contributed by atoms with E-state index in [0.29, 0.717) is 12.5 Å². The number of hydroxylamine groups is 4. The van der Waals surface area contributed by atoms with E-state index in [1.165, 1.54) is 0 Å². The van der Waals surface area contributed by atoms with Gasteiger partial charge in [0.05, 0.1) is 12.5 Å². The second-order valence-electron chi connectivity index (χ2n) is 2.70. The molecule has 0 saturated carbocycles. The highest BCUT2D eigenvalue weighted by atomic mass is 32.2. The van der Waals surface area contributed by atoms with E-state index in [1.807, 2.05) is 0 Å². The summed E-state index contributed by atoms with van der Waals surface area (Å²) in [5.41, 5.74) is 0. The van der Waals surface area contributed by atoms with Gasteiger partial charge in [-0.2, -0.15) is 16.8 Å². The molecule has 0 spiro atoms. The Morgan fingerprint density at radius 1 is 0.650 bits per heavy atom. The molecule has 0 rings (SSSR count). The Morgan fingerprint density at radius 2 is 0.850 bits per heavy atom. The molecule has 0 radical (unpaired) electrons. The highest BCUT2D eigenvalue weighted by Crippen LogP contribution is 1.88. The molecule has 0 saturated heterocycles. The number of imide groups is 2. The minimum Gasteiger partial charge on any atom is -0.276 e. The SMILES string of the molecule is CS(=O)(=O)ON(C=O)C=O.CS(=O)(=O)ON(C=O)C=O. The van der Waals surface area contributed by atoms with E-state index in [1.54, 1.807) is 0 Å². The van der Waals surface area contributed by atoms with E-state index in [2.05, 4.69) is 8.57 Å². The number of amides is 4. The fourth-order valence-electron chi connectivity index (χ4n) is 0.433. The van der Waals surface area contributed by atoms with Crippen LogP contribution in [0.4, 0.5) is 0 Å². The molecule has 14 heteroatoms. The first-order valence-electron chi connectivity index (χ1n) is 4.16. The molecule has 0 aromatic heterocycles. The molecule has 0 fully saturated rings. The molecule has 4 amide bonds. The molecule has 0 atom stereocenters. The highest BCUT2D eigenvalue weighted by molar-refractivity contribution is 7.86. The third-order valence-electron chi connectivity index (χ3n) is 0.858. The lowest BCUT2D eigenvalue weighted by Crippen LogP contribution is -2.23. The summed E-state index contributed by atoms with van der Waals surface area (Å²) in [5.74, 6) is 0. The summed E-state index contributed by atoms with van der Waals surface area (Å²) in [6.07, 6.45) is 1.18. The lowest BCUT2D eigenvalue weighted by molar-refractivity contribution is -0.153. The van der Waals surface area contributed by atoms with Gasteiger partial charge in [0.25, 0.3) is 20.2 Å². The van der Waals surface area contributed by atoms with Gasteiger partial charge >= 0.3 is 0 Å². The topological polar surface area (TPSA) is 161 Å². The van der Waals surface area contributed by atoms with Gasteiger partial charge < -0.3 is 0 Å². The van der Waals surface area contributed by atoms with Crippen LogP contribution in [0.15, 0.2) is 0 Å². The van der Waals surface area contributed by atoms with Gasteiger partial charge in [0.2, 0.25) is 25.6 Å². The molecule has 0 aliphatic rings. The van der Waals surface area contributed by atoms with Gasteiger partial charge in [-0.25, -0.2) is 0 Å². The molecule has 0 heterocycles. The molecular formula is C6H10N2O10S2. The van der Waals surface area contributed by atoms with Crippen LogP contribution in [0, 0.1) is 0 Å². The number of hydrogen-bond acceptors (Lipinski definition) is 10. The second-order valence-corrected chi connectivity index (χ2v) is 5.81. The summed E-state index contributed by atoms with van der Waals surface area (Å²) in [5, 5.41) is 0.0185. The van der Waals surface area contributed by atoms with Crippen molar-refractivity contribution in [2.24, 2.45) is 0 Å². The standard InChI is InChI=1S/2C3H5NO5S/c2*1-10(7,8)9-4(2-5)3-6/h2*2-3H,1H3. The van der Waals surface area contributed by atoms with Crippen molar-refractivity contribution in [2.75, 3.05) is 12.5 Å². The van der Waals surface area contributed by atoms with Crippen LogP contribution in [0.2, 0.25) is 0 Å². The predicted molar refractivity (Wildman–Crippen MR) is 59.8 cm³/mol. The Labute approximate surface area is 114 Å². The van der Waals surface area contributed by atoms with Crippen LogP contribution in [0.3, 0.4) is 0 Å². The molecule has 0 aromatic rings. The van der Waals surface area contributed by atoms with Gasteiger partial charge in [0, 0.05) is 0 Å². The first-order chi connectivity index (χ1) is 8.99. The van der Waals surface area contributed by atoms with Crippen molar-refractivity contribution in [3.05, 3.63) is 0 Å². The van der Waals surface area contributed by atoms with E-state index < -0.39 is 20.2 Å². The number of hydrogen-bond donors (Lipinski definition) is 0. The van der Waals surface area contributed by atoms with Crippen molar-refractivity contribution >= 4 is 45.9 Å². The molecule has 116 valence electrons. The zero-order chi connectivity index (χ0) is 16.4. The average molecular weight is 334 g/mol. The Bertz CT molecular complexity index is 472. The lowest BCUT2D eigenvalue weighted by atomic mass is 11.2. The van der Waals surface area contributed by atoms with Gasteiger partial charge in [-0.05, 0) is 0 Å². The Balaban J connectivity index is 0. The Morgan fingerprint density at radius 3 is 0.900 bits per heavy atom. The van der Waals surface area contributed by atoms with Gasteiger partial charge in [-0.15, -0.1) is 18.7 Å². The van der Waals surface area contributed by atoms with E-state index in [0.717, 1.165) is 0 Å². The van der Waals surface area contributed by atoms with Crippen molar-refractivity contribution in [1.82, 2.24) is 10.1 Å². The minimum absolute atomic E-state index is 0.00926. The Kier molecular flexibility index (Phi) is 9.27. The summed E-state index contributed by atoms with van der Waals surface area (Å²) in [6, 6.07) is 0. The third-order valence-corrected chi connectivity index (χ3v) is 1.74. The second kappa shape index (κ2) is 9.08. The van der Waals surface area contributed by atoms with Crippen LogP contribution < -0.4 is 0 Å². The molecule has 0 unspecified atom stereocenters. The lowest BCUT2D eigenvalue weighted by Gasteiger charge is -2.03. The fourth-order valence-corrected chi connectivity index (χ4v) is 1.20. The van der Waals surface area contributed by atoms with Crippen molar-refractivity contribution in [3.8, 4) is 0 Å². The van der Waals surface area contributed by atoms with E-state index >= 15 is 0 Å². The highest BCUT2D eigenvalue weighted by Gasteiger charge is 2.08. The molecular weight excluding hydrogens is 324 g/mol. The van der Waals surface area contributed by atoms with Crippen molar-refractivity contribution in [3.63, 3.8) is 0 Å². The first-order valence-corrected chi connectivity index (χ1v) is 7.79. The molecule has 0 N–H and O–H groups in total. The fraction of sp³-hybridized carbons (Fsp3) is 0.333. The number of carbonyl (C=O) groups excluding carboxylic acids is 4. The minimum atomic E-state index is -3.78. The summed E-state index contributed by atoms with van der Waals surface area (Å²) < 4.78 is 48.3. The molecule has 0 aliphatic carbocycles. The van der Waals surface area contributed by atoms with E-state index in [-0.39, 0.29) is 35.8 Å². The van der Waals surface area contributed by atoms with Crippen LogP contribution in [0.25, 0.3) is 0 Å². The molecule has 20 heavy (non-hydrogen) atoms. The van der Waals surface area contributed by atoms with Crippen LogP contribution >= 0.6 is 0 Å². The smallest absolute Gasteiger partial charge is 0.276 e. The zero-order valence-corrected chi connectivity index (χ0v) is 11.7. The Hall–Kier alpha value is -1.90. The quantitative estimate of drug-likeness (QED) is 0.330. The summed E-state index contributed by atoms with van der Waals surface area (Å²) in [4.78, 5) is 38.9. The number of rotatable bonds is 8. The molecule has 0 bridgehead atoms. The summed E-state index contributed by atoms with van der Waals surface area (Å²) >= 11 is 0. The molecule has 0 aromatic carbocycles. The van der Waals surface area contributed by atoms with Crippen LogP contribution in [0.1, 0.15) is 0 Å². The van der Waals surface area contributed by atoms with Crippen LogP contribution in [-0.2, 0) is 48.0 Å². The average Bonchev–Trinajstić information content (AvgIpc) is 2.31. The monoisotopic (exact) mass is 334 g/mol. The summed E-state index contributed by atoms with van der Waals surface area (Å²) in [6.45, 7) is 0.